The number of hydrogen-bond acceptors (Lipinski definition) is 2. The first-order chi connectivity index (χ1) is 14.2. The van der Waals surface area contributed by atoms with E-state index in [1.165, 1.54) is 64.2 Å². The third-order valence-electron chi connectivity index (χ3n) is 11.7. The highest BCUT2D eigenvalue weighted by molar-refractivity contribution is 5.10. The van der Waals surface area contributed by atoms with Crippen molar-refractivity contribution in [2.24, 2.45) is 58.2 Å². The summed E-state index contributed by atoms with van der Waals surface area (Å²) >= 11 is 0. The van der Waals surface area contributed by atoms with E-state index in [0.717, 1.165) is 36.0 Å². The summed E-state index contributed by atoms with van der Waals surface area (Å²) < 4.78 is 0. The molecule has 0 aliphatic heterocycles. The lowest BCUT2D eigenvalue weighted by Crippen LogP contribution is -2.55. The van der Waals surface area contributed by atoms with E-state index in [1.54, 1.807) is 0 Å². The van der Waals surface area contributed by atoms with Crippen LogP contribution in [0.25, 0.3) is 0 Å². The number of hydrogen-bond donors (Lipinski definition) is 2. The van der Waals surface area contributed by atoms with Crippen LogP contribution in [0.5, 0.6) is 0 Å². The molecule has 0 saturated heterocycles. The van der Waals surface area contributed by atoms with Crippen molar-refractivity contribution in [1.29, 1.82) is 0 Å². The molecule has 2 heteroatoms. The van der Waals surface area contributed by atoms with Crippen LogP contribution in [0.2, 0.25) is 0 Å². The Labute approximate surface area is 186 Å². The Kier molecular flexibility index (Phi) is 6.69. The van der Waals surface area contributed by atoms with Gasteiger partial charge < -0.3 is 10.2 Å². The van der Waals surface area contributed by atoms with Crippen molar-refractivity contribution in [1.82, 2.24) is 0 Å². The molecule has 30 heavy (non-hydrogen) atoms. The normalized spacial score (nSPS) is 48.9. The summed E-state index contributed by atoms with van der Waals surface area (Å²) in [6, 6.07) is 0. The summed E-state index contributed by atoms with van der Waals surface area (Å²) in [7, 11) is 0. The van der Waals surface area contributed by atoms with Crippen molar-refractivity contribution in [2.45, 2.75) is 111 Å². The Balaban J connectivity index is 1.45. The molecular weight excluding hydrogens is 368 g/mol. The van der Waals surface area contributed by atoms with E-state index < -0.39 is 0 Å². The van der Waals surface area contributed by atoms with Crippen LogP contribution in [-0.4, -0.2) is 22.9 Å². The molecule has 0 aromatic rings. The van der Waals surface area contributed by atoms with Crippen molar-refractivity contribution < 1.29 is 10.2 Å². The highest BCUT2D eigenvalue weighted by atomic mass is 16.3. The average molecular weight is 419 g/mol. The molecule has 4 saturated carbocycles. The van der Waals surface area contributed by atoms with Crippen LogP contribution < -0.4 is 0 Å². The van der Waals surface area contributed by atoms with Gasteiger partial charge in [-0.3, -0.25) is 0 Å². The van der Waals surface area contributed by atoms with Crippen LogP contribution in [0, 0.1) is 58.2 Å². The molecular formula is C28H50O2. The Morgan fingerprint density at radius 1 is 0.767 bits per heavy atom. The smallest absolute Gasteiger partial charge is 0.0573 e. The number of rotatable bonds is 6. The summed E-state index contributed by atoms with van der Waals surface area (Å²) in [4.78, 5) is 0. The van der Waals surface area contributed by atoms with Crippen molar-refractivity contribution in [3.05, 3.63) is 0 Å². The van der Waals surface area contributed by atoms with Gasteiger partial charge in [-0.1, -0.05) is 53.9 Å². The third kappa shape index (κ3) is 3.70. The molecule has 0 bridgehead atoms. The van der Waals surface area contributed by atoms with E-state index in [1.807, 2.05) is 0 Å². The standard InChI is InChI=1S/C28H50O2/c1-18(20(3)17-29)8-9-19(2)22-12-13-23-21-10-11-25-26(30)7-6-15-27(25,4)24(21)14-16-28(22,23)5/h18-26,29-30H,6-17H2,1-5H3/t18-,19+,20+,21?,22+,23?,24?,25+,26+,27+,28+/m0/s1. The molecule has 0 heterocycles. The van der Waals surface area contributed by atoms with Crippen molar-refractivity contribution >= 4 is 0 Å². The minimum Gasteiger partial charge on any atom is -0.396 e. The molecule has 4 rings (SSSR count). The fraction of sp³-hybridized carbons (Fsp3) is 1.00. The molecule has 0 spiro atoms. The molecule has 4 aliphatic rings. The largest absolute Gasteiger partial charge is 0.396 e. The molecule has 3 unspecified atom stereocenters. The van der Waals surface area contributed by atoms with E-state index in [-0.39, 0.29) is 6.10 Å². The van der Waals surface area contributed by atoms with Crippen LogP contribution in [0.1, 0.15) is 105 Å². The van der Waals surface area contributed by atoms with Gasteiger partial charge in [0.05, 0.1) is 6.10 Å². The topological polar surface area (TPSA) is 40.5 Å². The molecule has 0 aromatic carbocycles. The van der Waals surface area contributed by atoms with Gasteiger partial charge in [0.1, 0.15) is 0 Å². The minimum atomic E-state index is -0.0299. The van der Waals surface area contributed by atoms with E-state index in [4.69, 9.17) is 0 Å². The van der Waals surface area contributed by atoms with Crippen LogP contribution >= 0.6 is 0 Å². The summed E-state index contributed by atoms with van der Waals surface area (Å²) in [5.41, 5.74) is 0.949. The van der Waals surface area contributed by atoms with E-state index in [2.05, 4.69) is 34.6 Å². The molecule has 0 radical (unpaired) electrons. The molecule has 0 amide bonds. The molecule has 4 fully saturated rings. The first-order valence-corrected chi connectivity index (χ1v) is 13.5. The van der Waals surface area contributed by atoms with Crippen LogP contribution in [0.3, 0.4) is 0 Å². The Bertz CT molecular complexity index is 589. The lowest BCUT2D eigenvalue weighted by atomic mass is 9.44. The molecule has 174 valence electrons. The quantitative estimate of drug-likeness (QED) is 0.504. The van der Waals surface area contributed by atoms with E-state index >= 15 is 0 Å². The molecule has 2 nitrogen and oxygen atoms in total. The van der Waals surface area contributed by atoms with Crippen LogP contribution in [0.4, 0.5) is 0 Å². The second kappa shape index (κ2) is 8.69. The summed E-state index contributed by atoms with van der Waals surface area (Å²) in [6.45, 7) is 12.6. The number of fused-ring (bicyclic) bond motifs is 5. The maximum absolute atomic E-state index is 10.8. The Morgan fingerprint density at radius 2 is 1.47 bits per heavy atom. The van der Waals surface area contributed by atoms with Gasteiger partial charge in [0.25, 0.3) is 0 Å². The molecule has 0 aromatic heterocycles. The number of aliphatic hydroxyl groups is 2. The van der Waals surface area contributed by atoms with Crippen molar-refractivity contribution in [3.63, 3.8) is 0 Å². The van der Waals surface area contributed by atoms with Gasteiger partial charge in [0.2, 0.25) is 0 Å². The van der Waals surface area contributed by atoms with E-state index in [0.29, 0.717) is 35.2 Å². The maximum atomic E-state index is 10.8. The second-order valence-electron chi connectivity index (χ2n) is 12.9. The van der Waals surface area contributed by atoms with E-state index in [9.17, 15) is 10.2 Å². The highest BCUT2D eigenvalue weighted by Crippen LogP contribution is 2.68. The van der Waals surface area contributed by atoms with Crippen molar-refractivity contribution in [3.8, 4) is 0 Å². The van der Waals surface area contributed by atoms with Gasteiger partial charge in [-0.05, 0) is 110 Å². The summed E-state index contributed by atoms with van der Waals surface area (Å²) in [5.74, 6) is 6.05. The lowest BCUT2D eigenvalue weighted by molar-refractivity contribution is -0.145. The average Bonchev–Trinajstić information content (AvgIpc) is 3.08. The zero-order valence-corrected chi connectivity index (χ0v) is 20.6. The zero-order valence-electron chi connectivity index (χ0n) is 20.6. The van der Waals surface area contributed by atoms with Crippen LogP contribution in [-0.2, 0) is 0 Å². The number of aliphatic hydroxyl groups excluding tert-OH is 2. The lowest BCUT2D eigenvalue weighted by Gasteiger charge is -2.61. The molecule has 11 atom stereocenters. The van der Waals surface area contributed by atoms with Gasteiger partial charge >= 0.3 is 0 Å². The van der Waals surface area contributed by atoms with Crippen LogP contribution in [0.15, 0.2) is 0 Å². The predicted molar refractivity (Wildman–Crippen MR) is 125 cm³/mol. The maximum Gasteiger partial charge on any atom is 0.0573 e. The second-order valence-corrected chi connectivity index (χ2v) is 12.9. The summed E-state index contributed by atoms with van der Waals surface area (Å²) in [6.07, 6.45) is 14.6. The van der Waals surface area contributed by atoms with Gasteiger partial charge in [-0.15, -0.1) is 0 Å². The molecule has 2 N–H and O–H groups in total. The minimum absolute atomic E-state index is 0.0299. The van der Waals surface area contributed by atoms with Gasteiger partial charge in [-0.2, -0.15) is 0 Å². The third-order valence-corrected chi connectivity index (χ3v) is 11.7. The fourth-order valence-electron chi connectivity index (χ4n) is 9.55. The summed E-state index contributed by atoms with van der Waals surface area (Å²) in [5, 5.41) is 20.2. The van der Waals surface area contributed by atoms with Gasteiger partial charge in [0.15, 0.2) is 0 Å². The highest BCUT2D eigenvalue weighted by Gasteiger charge is 2.61. The monoisotopic (exact) mass is 418 g/mol. The van der Waals surface area contributed by atoms with Gasteiger partial charge in [-0.25, -0.2) is 0 Å². The zero-order chi connectivity index (χ0) is 21.7. The fourth-order valence-corrected chi connectivity index (χ4v) is 9.55. The molecule has 4 aliphatic carbocycles. The van der Waals surface area contributed by atoms with Crippen molar-refractivity contribution in [2.75, 3.05) is 6.61 Å². The van der Waals surface area contributed by atoms with Gasteiger partial charge in [0, 0.05) is 6.61 Å². The predicted octanol–water partition coefficient (Wildman–Crippen LogP) is 6.69. The Morgan fingerprint density at radius 3 is 2.20 bits per heavy atom. The first-order valence-electron chi connectivity index (χ1n) is 13.5. The Hall–Kier alpha value is -0.0800. The SMILES string of the molecule is C[C@H](CC[C@H](C)[C@H](C)CO)[C@H]1CCC2C3CC[C@@H]4[C@H](O)CCC[C@]4(C)C3CC[C@@]21C. The first kappa shape index (κ1) is 23.1.